The lowest BCUT2D eigenvalue weighted by Crippen LogP contribution is -2.41. The zero-order valence-electron chi connectivity index (χ0n) is 15.8. The summed E-state index contributed by atoms with van der Waals surface area (Å²) in [6.45, 7) is 7.23. The molecule has 0 aliphatic carbocycles. The van der Waals surface area contributed by atoms with Gasteiger partial charge in [0.1, 0.15) is 13.2 Å². The molecule has 2 aromatic rings. The van der Waals surface area contributed by atoms with Gasteiger partial charge in [-0.2, -0.15) is 0 Å². The number of hydrogen-bond donors (Lipinski definition) is 2. The van der Waals surface area contributed by atoms with Gasteiger partial charge in [0.2, 0.25) is 5.91 Å². The number of nitrogens with one attached hydrogen (secondary N) is 2. The Bertz CT molecular complexity index is 793. The zero-order chi connectivity index (χ0) is 19.4. The molecule has 1 aliphatic heterocycles. The second-order valence-corrected chi connectivity index (χ2v) is 7.45. The SMILES string of the molecule is CC(NC(c1ccc2c(c1)OCCO2)C(C)C)C(=O)Nc1ccc(Cl)cc1. The van der Waals surface area contributed by atoms with E-state index in [1.165, 1.54) is 0 Å². The molecule has 6 heteroatoms. The minimum Gasteiger partial charge on any atom is -0.486 e. The largest absolute Gasteiger partial charge is 0.486 e. The minimum absolute atomic E-state index is 0.00629. The maximum atomic E-state index is 12.6. The van der Waals surface area contributed by atoms with Crippen molar-refractivity contribution in [2.24, 2.45) is 5.92 Å². The molecule has 1 amide bonds. The third-order valence-electron chi connectivity index (χ3n) is 4.53. The van der Waals surface area contributed by atoms with Crippen molar-refractivity contribution in [1.29, 1.82) is 0 Å². The maximum Gasteiger partial charge on any atom is 0.241 e. The van der Waals surface area contributed by atoms with Crippen LogP contribution < -0.4 is 20.1 Å². The number of benzene rings is 2. The summed E-state index contributed by atoms with van der Waals surface area (Å²) in [6, 6.07) is 12.7. The summed E-state index contributed by atoms with van der Waals surface area (Å²) in [7, 11) is 0. The Hall–Kier alpha value is -2.24. The van der Waals surface area contributed by atoms with Crippen LogP contribution in [0.2, 0.25) is 5.02 Å². The van der Waals surface area contributed by atoms with E-state index in [4.69, 9.17) is 21.1 Å². The number of hydrogen-bond acceptors (Lipinski definition) is 4. The van der Waals surface area contributed by atoms with Crippen LogP contribution in [0.25, 0.3) is 0 Å². The van der Waals surface area contributed by atoms with Crippen LogP contribution in [0.4, 0.5) is 5.69 Å². The summed E-state index contributed by atoms with van der Waals surface area (Å²) in [5.74, 6) is 1.71. The van der Waals surface area contributed by atoms with Crippen LogP contribution >= 0.6 is 11.6 Å². The highest BCUT2D eigenvalue weighted by atomic mass is 35.5. The van der Waals surface area contributed by atoms with Crippen molar-refractivity contribution in [3.63, 3.8) is 0 Å². The normalized spacial score (nSPS) is 15.3. The fourth-order valence-corrected chi connectivity index (χ4v) is 3.18. The van der Waals surface area contributed by atoms with Crippen LogP contribution in [0.1, 0.15) is 32.4 Å². The number of halogens is 1. The first kappa shape index (κ1) is 19.5. The number of rotatable bonds is 6. The third-order valence-corrected chi connectivity index (χ3v) is 4.78. The topological polar surface area (TPSA) is 59.6 Å². The van der Waals surface area contributed by atoms with Crippen molar-refractivity contribution in [3.05, 3.63) is 53.1 Å². The molecule has 0 saturated carbocycles. The first-order valence-electron chi connectivity index (χ1n) is 9.16. The Morgan fingerprint density at radius 3 is 2.33 bits per heavy atom. The summed E-state index contributed by atoms with van der Waals surface area (Å²) in [6.07, 6.45) is 0. The minimum atomic E-state index is -0.374. The highest BCUT2D eigenvalue weighted by molar-refractivity contribution is 6.30. The molecule has 1 heterocycles. The molecular formula is C21H25ClN2O3. The molecule has 2 N–H and O–H groups in total. The van der Waals surface area contributed by atoms with Crippen molar-refractivity contribution in [1.82, 2.24) is 5.32 Å². The van der Waals surface area contributed by atoms with E-state index in [1.54, 1.807) is 24.3 Å². The van der Waals surface area contributed by atoms with Crippen LogP contribution in [-0.2, 0) is 4.79 Å². The summed E-state index contributed by atoms with van der Waals surface area (Å²) in [4.78, 5) is 12.6. The van der Waals surface area contributed by atoms with Crippen molar-refractivity contribution >= 4 is 23.2 Å². The number of anilines is 1. The lowest BCUT2D eigenvalue weighted by atomic mass is 9.94. The third kappa shape index (κ3) is 4.93. The predicted molar refractivity (Wildman–Crippen MR) is 108 cm³/mol. The van der Waals surface area contributed by atoms with Gasteiger partial charge in [-0.25, -0.2) is 0 Å². The van der Waals surface area contributed by atoms with Crippen molar-refractivity contribution < 1.29 is 14.3 Å². The average Bonchev–Trinajstić information content (AvgIpc) is 2.67. The zero-order valence-corrected chi connectivity index (χ0v) is 16.5. The predicted octanol–water partition coefficient (Wildman–Crippen LogP) is 4.43. The first-order valence-corrected chi connectivity index (χ1v) is 9.54. The Morgan fingerprint density at radius 1 is 1.00 bits per heavy atom. The molecule has 0 fully saturated rings. The number of fused-ring (bicyclic) bond motifs is 1. The van der Waals surface area contributed by atoms with Gasteiger partial charge in [-0.05, 0) is 54.8 Å². The van der Waals surface area contributed by atoms with Crippen LogP contribution in [0, 0.1) is 5.92 Å². The Kier molecular flexibility index (Phi) is 6.24. The molecule has 144 valence electrons. The van der Waals surface area contributed by atoms with E-state index in [-0.39, 0.29) is 18.0 Å². The van der Waals surface area contributed by atoms with E-state index < -0.39 is 0 Å². The lowest BCUT2D eigenvalue weighted by Gasteiger charge is -2.28. The molecule has 2 unspecified atom stereocenters. The molecule has 0 saturated heterocycles. The number of carbonyl (C=O) groups is 1. The van der Waals surface area contributed by atoms with Gasteiger partial charge >= 0.3 is 0 Å². The monoisotopic (exact) mass is 388 g/mol. The molecule has 3 rings (SSSR count). The van der Waals surface area contributed by atoms with E-state index in [1.807, 2.05) is 25.1 Å². The Balaban J connectivity index is 1.70. The fourth-order valence-electron chi connectivity index (χ4n) is 3.06. The molecule has 27 heavy (non-hydrogen) atoms. The standard InChI is InChI=1S/C21H25ClN2O3/c1-13(2)20(15-4-9-18-19(12-15)27-11-10-26-18)23-14(3)21(25)24-17-7-5-16(22)6-8-17/h4-9,12-14,20,23H,10-11H2,1-3H3,(H,24,25). The number of amides is 1. The van der Waals surface area contributed by atoms with Crippen molar-refractivity contribution in [2.45, 2.75) is 32.9 Å². The highest BCUT2D eigenvalue weighted by Crippen LogP contribution is 2.34. The quantitative estimate of drug-likeness (QED) is 0.768. The molecule has 2 atom stereocenters. The van der Waals surface area contributed by atoms with Crippen molar-refractivity contribution in [3.8, 4) is 11.5 Å². The maximum absolute atomic E-state index is 12.6. The molecular weight excluding hydrogens is 364 g/mol. The molecule has 0 spiro atoms. The van der Waals surface area contributed by atoms with Crippen LogP contribution in [0.3, 0.4) is 0 Å². The second kappa shape index (κ2) is 8.63. The van der Waals surface area contributed by atoms with E-state index >= 15 is 0 Å². The molecule has 1 aliphatic rings. The summed E-state index contributed by atoms with van der Waals surface area (Å²) >= 11 is 5.89. The van der Waals surface area contributed by atoms with Crippen LogP contribution in [0.15, 0.2) is 42.5 Å². The number of ether oxygens (including phenoxy) is 2. The van der Waals surface area contributed by atoms with Crippen LogP contribution in [0.5, 0.6) is 11.5 Å². The molecule has 0 radical (unpaired) electrons. The average molecular weight is 389 g/mol. The smallest absolute Gasteiger partial charge is 0.241 e. The van der Waals surface area contributed by atoms with E-state index in [0.717, 1.165) is 22.7 Å². The van der Waals surface area contributed by atoms with Gasteiger partial charge in [-0.1, -0.05) is 31.5 Å². The second-order valence-electron chi connectivity index (χ2n) is 7.01. The molecule has 0 bridgehead atoms. The molecule has 2 aromatic carbocycles. The van der Waals surface area contributed by atoms with Gasteiger partial charge in [-0.3, -0.25) is 10.1 Å². The number of carbonyl (C=O) groups excluding carboxylic acids is 1. The lowest BCUT2D eigenvalue weighted by molar-refractivity contribution is -0.118. The van der Waals surface area contributed by atoms with Gasteiger partial charge in [0, 0.05) is 16.8 Å². The summed E-state index contributed by atoms with van der Waals surface area (Å²) < 4.78 is 11.3. The van der Waals surface area contributed by atoms with Crippen LogP contribution in [-0.4, -0.2) is 25.2 Å². The van der Waals surface area contributed by atoms with E-state index in [9.17, 15) is 4.79 Å². The highest BCUT2D eigenvalue weighted by Gasteiger charge is 2.23. The Labute approximate surface area is 165 Å². The van der Waals surface area contributed by atoms with E-state index in [2.05, 4.69) is 24.5 Å². The fraction of sp³-hybridized carbons (Fsp3) is 0.381. The van der Waals surface area contributed by atoms with Crippen molar-refractivity contribution in [2.75, 3.05) is 18.5 Å². The Morgan fingerprint density at radius 2 is 1.67 bits per heavy atom. The van der Waals surface area contributed by atoms with Gasteiger partial charge < -0.3 is 14.8 Å². The van der Waals surface area contributed by atoms with Gasteiger partial charge in [0.25, 0.3) is 0 Å². The molecule has 5 nitrogen and oxygen atoms in total. The van der Waals surface area contributed by atoms with Gasteiger partial charge in [0.15, 0.2) is 11.5 Å². The van der Waals surface area contributed by atoms with Gasteiger partial charge in [0.05, 0.1) is 6.04 Å². The summed E-state index contributed by atoms with van der Waals surface area (Å²) in [5, 5.41) is 6.98. The molecule has 0 aromatic heterocycles. The van der Waals surface area contributed by atoms with E-state index in [0.29, 0.717) is 24.2 Å². The summed E-state index contributed by atoms with van der Waals surface area (Å²) in [5.41, 5.74) is 1.79. The van der Waals surface area contributed by atoms with Gasteiger partial charge in [-0.15, -0.1) is 0 Å². The first-order chi connectivity index (χ1) is 12.9.